The molecule has 0 atom stereocenters. The summed E-state index contributed by atoms with van der Waals surface area (Å²) in [4.78, 5) is 11.9. The first-order valence-corrected chi connectivity index (χ1v) is 6.82. The maximum atomic E-state index is 11.9. The molecule has 3 rings (SSSR count). The molecular weight excluding hydrogens is 304 g/mol. The van der Waals surface area contributed by atoms with E-state index in [2.05, 4.69) is 10.5 Å². The molecule has 22 heavy (non-hydrogen) atoms. The summed E-state index contributed by atoms with van der Waals surface area (Å²) in [5, 5.41) is 14.7. The SMILES string of the molecule is O=C(NN=Cc1cc(Cl)ccc1O)c1cc2ccccc2o1. The molecule has 6 heteroatoms. The fourth-order valence-corrected chi connectivity index (χ4v) is 2.12. The minimum Gasteiger partial charge on any atom is -0.507 e. The van der Waals surface area contributed by atoms with E-state index in [9.17, 15) is 9.90 Å². The van der Waals surface area contributed by atoms with Crippen molar-refractivity contribution in [3.8, 4) is 5.75 Å². The molecule has 0 aliphatic rings. The Morgan fingerprint density at radius 2 is 2.05 bits per heavy atom. The van der Waals surface area contributed by atoms with Crippen molar-refractivity contribution >= 4 is 34.7 Å². The maximum absolute atomic E-state index is 11.9. The van der Waals surface area contributed by atoms with Crippen LogP contribution in [0, 0.1) is 0 Å². The number of rotatable bonds is 3. The summed E-state index contributed by atoms with van der Waals surface area (Å²) in [5.74, 6) is -0.297. The topological polar surface area (TPSA) is 74.8 Å². The van der Waals surface area contributed by atoms with E-state index in [-0.39, 0.29) is 11.5 Å². The zero-order valence-electron chi connectivity index (χ0n) is 11.3. The van der Waals surface area contributed by atoms with Gasteiger partial charge in [0.25, 0.3) is 0 Å². The second-order valence-electron chi connectivity index (χ2n) is 4.55. The highest BCUT2D eigenvalue weighted by Crippen LogP contribution is 2.20. The summed E-state index contributed by atoms with van der Waals surface area (Å²) < 4.78 is 5.42. The van der Waals surface area contributed by atoms with Crippen molar-refractivity contribution in [3.63, 3.8) is 0 Å². The zero-order valence-corrected chi connectivity index (χ0v) is 12.0. The number of hydrogen-bond donors (Lipinski definition) is 2. The van der Waals surface area contributed by atoms with Gasteiger partial charge in [0.05, 0.1) is 6.21 Å². The fourth-order valence-electron chi connectivity index (χ4n) is 1.94. The zero-order chi connectivity index (χ0) is 15.5. The molecule has 0 fully saturated rings. The number of hydrogen-bond acceptors (Lipinski definition) is 4. The number of para-hydroxylation sites is 1. The lowest BCUT2D eigenvalue weighted by molar-refractivity contribution is 0.0929. The fraction of sp³-hybridized carbons (Fsp3) is 0. The number of furan rings is 1. The Labute approximate surface area is 130 Å². The van der Waals surface area contributed by atoms with Gasteiger partial charge in [0, 0.05) is 16.0 Å². The molecule has 0 aliphatic carbocycles. The molecule has 0 saturated carbocycles. The highest BCUT2D eigenvalue weighted by molar-refractivity contribution is 6.30. The first-order chi connectivity index (χ1) is 10.6. The molecule has 1 amide bonds. The van der Waals surface area contributed by atoms with E-state index in [0.717, 1.165) is 5.39 Å². The standard InChI is InChI=1S/C16H11ClN2O3/c17-12-5-6-13(20)11(7-12)9-18-19-16(21)15-8-10-3-1-2-4-14(10)22-15/h1-9,20H,(H,19,21). The lowest BCUT2D eigenvalue weighted by Crippen LogP contribution is -2.16. The smallest absolute Gasteiger partial charge is 0.307 e. The predicted octanol–water partition coefficient (Wildman–Crippen LogP) is 3.56. The molecule has 0 radical (unpaired) electrons. The Hall–Kier alpha value is -2.79. The Bertz CT molecular complexity index is 838. The van der Waals surface area contributed by atoms with Crippen molar-refractivity contribution in [2.24, 2.45) is 5.10 Å². The lowest BCUT2D eigenvalue weighted by Gasteiger charge is -1.99. The van der Waals surface area contributed by atoms with Crippen LogP contribution in [0.25, 0.3) is 11.0 Å². The average molecular weight is 315 g/mol. The van der Waals surface area contributed by atoms with Gasteiger partial charge in [-0.1, -0.05) is 29.8 Å². The first-order valence-electron chi connectivity index (χ1n) is 6.44. The van der Waals surface area contributed by atoms with Gasteiger partial charge >= 0.3 is 5.91 Å². The van der Waals surface area contributed by atoms with E-state index in [1.165, 1.54) is 18.3 Å². The van der Waals surface area contributed by atoms with Gasteiger partial charge in [0.15, 0.2) is 5.76 Å². The van der Waals surface area contributed by atoms with Crippen LogP contribution in [0.2, 0.25) is 5.02 Å². The molecule has 0 aliphatic heterocycles. The maximum Gasteiger partial charge on any atom is 0.307 e. The summed E-state index contributed by atoms with van der Waals surface area (Å²) in [7, 11) is 0. The van der Waals surface area contributed by atoms with Crippen molar-refractivity contribution in [1.82, 2.24) is 5.43 Å². The Balaban J connectivity index is 1.74. The van der Waals surface area contributed by atoms with E-state index in [1.807, 2.05) is 18.2 Å². The summed E-state index contributed by atoms with van der Waals surface area (Å²) in [6, 6.07) is 13.5. The number of phenols is 1. The molecule has 0 saturated heterocycles. The Morgan fingerprint density at radius 1 is 1.23 bits per heavy atom. The molecular formula is C16H11ClN2O3. The van der Waals surface area contributed by atoms with Gasteiger partial charge in [-0.15, -0.1) is 0 Å². The Kier molecular flexibility index (Phi) is 3.80. The molecule has 1 heterocycles. The number of hydrazone groups is 1. The molecule has 0 bridgehead atoms. The lowest BCUT2D eigenvalue weighted by atomic mass is 10.2. The van der Waals surface area contributed by atoms with E-state index >= 15 is 0 Å². The number of carbonyl (C=O) groups excluding carboxylic acids is 1. The second-order valence-corrected chi connectivity index (χ2v) is 4.99. The van der Waals surface area contributed by atoms with Crippen LogP contribution in [0.1, 0.15) is 16.1 Å². The summed E-state index contributed by atoms with van der Waals surface area (Å²) >= 11 is 5.82. The van der Waals surface area contributed by atoms with Gasteiger partial charge in [0.1, 0.15) is 11.3 Å². The second kappa shape index (κ2) is 5.91. The van der Waals surface area contributed by atoms with Crippen LogP contribution in [0.5, 0.6) is 5.75 Å². The number of phenolic OH excluding ortho intramolecular Hbond substituents is 1. The largest absolute Gasteiger partial charge is 0.507 e. The van der Waals surface area contributed by atoms with Crippen LogP contribution in [-0.4, -0.2) is 17.2 Å². The highest BCUT2D eigenvalue weighted by Gasteiger charge is 2.11. The van der Waals surface area contributed by atoms with Crippen LogP contribution in [0.15, 0.2) is 58.0 Å². The third kappa shape index (κ3) is 2.94. The van der Waals surface area contributed by atoms with Gasteiger partial charge in [-0.05, 0) is 30.3 Å². The molecule has 2 N–H and O–H groups in total. The van der Waals surface area contributed by atoms with Crippen molar-refractivity contribution < 1.29 is 14.3 Å². The quantitative estimate of drug-likeness (QED) is 0.573. The van der Waals surface area contributed by atoms with Gasteiger partial charge in [-0.2, -0.15) is 5.10 Å². The van der Waals surface area contributed by atoms with Crippen molar-refractivity contribution in [2.45, 2.75) is 0 Å². The van der Waals surface area contributed by atoms with Gasteiger partial charge in [-0.25, -0.2) is 5.43 Å². The number of benzene rings is 2. The Morgan fingerprint density at radius 3 is 2.86 bits per heavy atom. The van der Waals surface area contributed by atoms with Crippen molar-refractivity contribution in [2.75, 3.05) is 0 Å². The molecule has 5 nitrogen and oxygen atoms in total. The van der Waals surface area contributed by atoms with E-state index < -0.39 is 5.91 Å². The number of halogens is 1. The third-order valence-corrected chi connectivity index (χ3v) is 3.24. The van der Waals surface area contributed by atoms with Crippen LogP contribution in [0.4, 0.5) is 0 Å². The van der Waals surface area contributed by atoms with Crippen LogP contribution >= 0.6 is 11.6 Å². The van der Waals surface area contributed by atoms with Gasteiger partial charge < -0.3 is 9.52 Å². The molecule has 0 unspecified atom stereocenters. The van der Waals surface area contributed by atoms with Crippen LogP contribution in [-0.2, 0) is 0 Å². The van der Waals surface area contributed by atoms with Gasteiger partial charge in [0.2, 0.25) is 0 Å². The molecule has 0 spiro atoms. The van der Waals surface area contributed by atoms with Crippen LogP contribution < -0.4 is 5.43 Å². The molecule has 3 aromatic rings. The molecule has 2 aromatic carbocycles. The van der Waals surface area contributed by atoms with E-state index in [4.69, 9.17) is 16.0 Å². The summed E-state index contributed by atoms with van der Waals surface area (Å²) in [6.45, 7) is 0. The average Bonchev–Trinajstić information content (AvgIpc) is 2.94. The van der Waals surface area contributed by atoms with Crippen molar-refractivity contribution in [3.05, 3.63) is 64.9 Å². The number of nitrogens with zero attached hydrogens (tertiary/aromatic N) is 1. The first kappa shape index (κ1) is 14.2. The number of nitrogens with one attached hydrogen (secondary N) is 1. The molecule has 110 valence electrons. The summed E-state index contributed by atoms with van der Waals surface area (Å²) in [5.41, 5.74) is 3.37. The van der Waals surface area contributed by atoms with Crippen LogP contribution in [0.3, 0.4) is 0 Å². The number of amides is 1. The highest BCUT2D eigenvalue weighted by atomic mass is 35.5. The molecule has 1 aromatic heterocycles. The van der Waals surface area contributed by atoms with E-state index in [0.29, 0.717) is 16.2 Å². The number of carbonyl (C=O) groups is 1. The third-order valence-electron chi connectivity index (χ3n) is 3.01. The van der Waals surface area contributed by atoms with Gasteiger partial charge in [-0.3, -0.25) is 4.79 Å². The minimum atomic E-state index is -0.478. The minimum absolute atomic E-state index is 0.0196. The number of fused-ring (bicyclic) bond motifs is 1. The predicted molar refractivity (Wildman–Crippen MR) is 84.4 cm³/mol. The van der Waals surface area contributed by atoms with Crippen molar-refractivity contribution in [1.29, 1.82) is 0 Å². The summed E-state index contributed by atoms with van der Waals surface area (Å²) in [6.07, 6.45) is 1.31. The van der Waals surface area contributed by atoms with E-state index in [1.54, 1.807) is 18.2 Å². The normalized spacial score (nSPS) is 11.1. The monoisotopic (exact) mass is 314 g/mol. The number of aromatic hydroxyl groups is 1.